The summed E-state index contributed by atoms with van der Waals surface area (Å²) in [5.74, 6) is -2.42. The van der Waals surface area contributed by atoms with Crippen molar-refractivity contribution in [1.82, 2.24) is 16.0 Å². The van der Waals surface area contributed by atoms with E-state index in [0.717, 1.165) is 62.1 Å². The fraction of sp³-hybridized carbons (Fsp3) is 0.525. The van der Waals surface area contributed by atoms with Crippen molar-refractivity contribution >= 4 is 35.2 Å². The molecule has 1 aliphatic heterocycles. The molecule has 4 rings (SSSR count). The number of thioether (sulfide) groups is 1. The first kappa shape index (κ1) is 39.0. The Bertz CT molecular complexity index is 1530. The van der Waals surface area contributed by atoms with Gasteiger partial charge in [0.25, 0.3) is 0 Å². The third-order valence-electron chi connectivity index (χ3n) is 9.84. The summed E-state index contributed by atoms with van der Waals surface area (Å²) >= 11 is 1.67. The number of nitrogens with zero attached hydrogens (tertiary/aromatic N) is 1. The molecule has 10 heteroatoms. The number of carboxylic acids is 1. The molecule has 9 nitrogen and oxygen atoms in total. The number of allylic oxidation sites excluding steroid dienone is 3. The molecular weight excluding hydrogens is 649 g/mol. The Morgan fingerprint density at radius 3 is 2.30 bits per heavy atom. The van der Waals surface area contributed by atoms with Crippen molar-refractivity contribution in [3.8, 4) is 5.75 Å². The first-order valence-corrected chi connectivity index (χ1v) is 19.4. The lowest BCUT2D eigenvalue weighted by Crippen LogP contribution is -2.51. The van der Waals surface area contributed by atoms with E-state index in [0.29, 0.717) is 12.0 Å². The zero-order valence-corrected chi connectivity index (χ0v) is 31.2. The Labute approximate surface area is 302 Å². The fourth-order valence-corrected chi connectivity index (χ4v) is 7.54. The second-order valence-electron chi connectivity index (χ2n) is 14.0. The Morgan fingerprint density at radius 2 is 1.72 bits per heavy atom. The quantitative estimate of drug-likeness (QED) is 0.108. The van der Waals surface area contributed by atoms with E-state index >= 15 is 0 Å². The third kappa shape index (κ3) is 10.2. The smallest absolute Gasteiger partial charge is 0.326 e. The van der Waals surface area contributed by atoms with Gasteiger partial charge in [-0.05, 0) is 85.2 Å². The number of benzene rings is 2. The Morgan fingerprint density at radius 1 is 1.02 bits per heavy atom. The van der Waals surface area contributed by atoms with Crippen LogP contribution in [0.5, 0.6) is 5.75 Å². The van der Waals surface area contributed by atoms with Gasteiger partial charge in [0, 0.05) is 41.3 Å². The monoisotopic (exact) mass is 704 g/mol. The minimum Gasteiger partial charge on any atom is -0.508 e. The normalized spacial score (nSPS) is 16.6. The average molecular weight is 705 g/mol. The number of rotatable bonds is 17. The number of phenols is 1. The predicted octanol–water partition coefficient (Wildman–Crippen LogP) is 7.39. The molecule has 2 amide bonds. The van der Waals surface area contributed by atoms with Crippen LogP contribution in [-0.2, 0) is 27.3 Å². The van der Waals surface area contributed by atoms with Gasteiger partial charge < -0.3 is 31.1 Å². The second kappa shape index (κ2) is 18.5. The van der Waals surface area contributed by atoms with Crippen LogP contribution in [0.2, 0.25) is 0 Å². The lowest BCUT2D eigenvalue weighted by molar-refractivity contribution is -0.143. The van der Waals surface area contributed by atoms with Gasteiger partial charge in [0.2, 0.25) is 11.8 Å². The number of anilines is 1. The molecule has 2 atom stereocenters. The molecule has 1 aliphatic carbocycles. The number of fused-ring (bicyclic) bond motifs is 1. The zero-order valence-electron chi connectivity index (χ0n) is 30.4. The van der Waals surface area contributed by atoms with Crippen molar-refractivity contribution in [2.75, 3.05) is 17.7 Å². The molecule has 0 unspecified atom stereocenters. The maximum Gasteiger partial charge on any atom is 0.326 e. The highest BCUT2D eigenvalue weighted by molar-refractivity contribution is 7.98. The number of carbonyl (C=O) groups is 3. The molecule has 50 heavy (non-hydrogen) atoms. The minimum atomic E-state index is -1.14. The van der Waals surface area contributed by atoms with Crippen molar-refractivity contribution in [3.63, 3.8) is 0 Å². The minimum absolute atomic E-state index is 0.00420. The Hall–Kier alpha value is -3.76. The molecule has 0 bridgehead atoms. The van der Waals surface area contributed by atoms with Crippen molar-refractivity contribution in [3.05, 3.63) is 77.0 Å². The summed E-state index contributed by atoms with van der Waals surface area (Å²) in [5.41, 5.74) is 5.19. The van der Waals surface area contributed by atoms with E-state index < -0.39 is 24.0 Å². The molecule has 0 spiro atoms. The molecule has 2 aromatic rings. The first-order valence-electron chi connectivity index (χ1n) is 18.2. The van der Waals surface area contributed by atoms with E-state index in [-0.39, 0.29) is 29.5 Å². The van der Waals surface area contributed by atoms with Crippen LogP contribution < -0.4 is 20.9 Å². The van der Waals surface area contributed by atoms with Crippen molar-refractivity contribution in [2.24, 2.45) is 5.92 Å². The molecule has 0 saturated heterocycles. The summed E-state index contributed by atoms with van der Waals surface area (Å²) in [6.07, 6.45) is 18.5. The highest BCUT2D eigenvalue weighted by Crippen LogP contribution is 2.39. The largest absolute Gasteiger partial charge is 0.508 e. The van der Waals surface area contributed by atoms with Crippen molar-refractivity contribution < 1.29 is 24.6 Å². The summed E-state index contributed by atoms with van der Waals surface area (Å²) in [7, 11) is 0. The van der Waals surface area contributed by atoms with E-state index in [1.54, 1.807) is 37.7 Å². The summed E-state index contributed by atoms with van der Waals surface area (Å²) in [4.78, 5) is 42.4. The van der Waals surface area contributed by atoms with Gasteiger partial charge in [0.1, 0.15) is 17.8 Å². The van der Waals surface area contributed by atoms with Crippen molar-refractivity contribution in [2.45, 2.75) is 121 Å². The molecule has 272 valence electrons. The van der Waals surface area contributed by atoms with Gasteiger partial charge in [-0.1, -0.05) is 83.7 Å². The second-order valence-corrected chi connectivity index (χ2v) is 14.8. The SMILES string of the molecule is CCCCC1(CCCC)CN(C2=CCCC=C2)c2cc(SC)c(CCC(=O)N[C@@H](C(=O)N[C@H](C(=O)O)C(C)C)c3ccc(O)cc3)cc2CN1. The standard InChI is InChI=1S/C40H56N4O5S/c1-6-8-21-40(22-9-7-2)26-44(31-13-11-10-12-14-31)33-24-34(50-5)29(23-30(33)25-41-40)17-20-35(46)42-37(28-15-18-32(45)19-16-28)38(47)43-36(27(3)4)39(48)49/h11,13-16,18-19,23-24,27,36-37,41,45H,6-10,12,17,20-22,25-26H2,1-5H3,(H,42,46)(H,43,47)(H,48,49)/t36-,37+/m0/s1. The van der Waals surface area contributed by atoms with Crippen LogP contribution in [0.25, 0.3) is 0 Å². The van der Waals surface area contributed by atoms with Crippen LogP contribution in [0.4, 0.5) is 5.69 Å². The summed E-state index contributed by atoms with van der Waals surface area (Å²) < 4.78 is 0. The summed E-state index contributed by atoms with van der Waals surface area (Å²) in [6, 6.07) is 8.30. The number of nitrogens with one attached hydrogen (secondary N) is 3. The first-order chi connectivity index (χ1) is 24.0. The van der Waals surface area contributed by atoms with Crippen LogP contribution in [-0.4, -0.2) is 52.4 Å². The third-order valence-corrected chi connectivity index (χ3v) is 10.7. The van der Waals surface area contributed by atoms with E-state index in [1.807, 2.05) is 0 Å². The lowest BCUT2D eigenvalue weighted by atomic mass is 9.86. The number of aryl methyl sites for hydroxylation is 1. The Kier molecular flexibility index (Phi) is 14.4. The van der Waals surface area contributed by atoms with Gasteiger partial charge in [0.15, 0.2) is 0 Å². The molecule has 5 N–H and O–H groups in total. The maximum absolute atomic E-state index is 13.5. The number of aliphatic carboxylic acids is 1. The molecule has 1 heterocycles. The van der Waals surface area contributed by atoms with Crippen LogP contribution in [0.3, 0.4) is 0 Å². The molecule has 0 aromatic heterocycles. The van der Waals surface area contributed by atoms with Crippen LogP contribution in [0.1, 0.15) is 108 Å². The topological polar surface area (TPSA) is 131 Å². The van der Waals surface area contributed by atoms with Gasteiger partial charge in [-0.2, -0.15) is 0 Å². The number of aromatic hydroxyl groups is 1. The number of hydrogen-bond acceptors (Lipinski definition) is 7. The molecule has 0 saturated carbocycles. The molecule has 0 fully saturated rings. The lowest BCUT2D eigenvalue weighted by Gasteiger charge is -2.39. The zero-order chi connectivity index (χ0) is 36.3. The molecule has 2 aliphatic rings. The Balaban J connectivity index is 1.60. The summed E-state index contributed by atoms with van der Waals surface area (Å²) in [5, 5.41) is 29.0. The number of carbonyl (C=O) groups excluding carboxylic acids is 2. The number of hydrogen-bond donors (Lipinski definition) is 5. The van der Waals surface area contributed by atoms with Gasteiger partial charge in [-0.25, -0.2) is 4.79 Å². The number of carboxylic acid groups (broad SMARTS) is 1. The number of phenolic OH excluding ortho intramolecular Hbond substituents is 1. The van der Waals surface area contributed by atoms with Gasteiger partial charge in [0.05, 0.1) is 0 Å². The van der Waals surface area contributed by atoms with Crippen LogP contribution in [0.15, 0.2) is 65.2 Å². The van der Waals surface area contributed by atoms with E-state index in [1.165, 1.54) is 41.9 Å². The molecule has 0 radical (unpaired) electrons. The molecular formula is C40H56N4O5S. The fourth-order valence-electron chi connectivity index (χ4n) is 6.89. The van der Waals surface area contributed by atoms with Gasteiger partial charge in [-0.3, -0.25) is 9.59 Å². The molecule has 2 aromatic carbocycles. The van der Waals surface area contributed by atoms with Crippen molar-refractivity contribution in [1.29, 1.82) is 0 Å². The highest BCUT2D eigenvalue weighted by Gasteiger charge is 2.36. The summed E-state index contributed by atoms with van der Waals surface area (Å²) in [6.45, 7) is 9.60. The van der Waals surface area contributed by atoms with E-state index in [9.17, 15) is 24.6 Å². The average Bonchev–Trinajstić information content (AvgIpc) is 3.27. The van der Waals surface area contributed by atoms with E-state index in [2.05, 4.69) is 71.3 Å². The number of unbranched alkanes of at least 4 members (excludes halogenated alkanes) is 2. The van der Waals surface area contributed by atoms with Gasteiger partial charge in [-0.15, -0.1) is 11.8 Å². The van der Waals surface area contributed by atoms with Gasteiger partial charge >= 0.3 is 5.97 Å². The van der Waals surface area contributed by atoms with Crippen LogP contribution >= 0.6 is 11.8 Å². The number of amides is 2. The predicted molar refractivity (Wildman–Crippen MR) is 202 cm³/mol. The highest BCUT2D eigenvalue weighted by atomic mass is 32.2. The van der Waals surface area contributed by atoms with Crippen LogP contribution in [0, 0.1) is 5.92 Å². The maximum atomic E-state index is 13.5. The van der Waals surface area contributed by atoms with E-state index in [4.69, 9.17) is 0 Å².